The Balaban J connectivity index is 0.814. The molecule has 0 spiro atoms. The summed E-state index contributed by atoms with van der Waals surface area (Å²) in [4.78, 5) is 39.4. The number of hydrogen-bond acceptors (Lipinski definition) is 8. The third-order valence-corrected chi connectivity index (χ3v) is 10.7. The summed E-state index contributed by atoms with van der Waals surface area (Å²) in [6.45, 7) is 1.33. The van der Waals surface area contributed by atoms with Gasteiger partial charge in [0.2, 0.25) is 11.8 Å². The summed E-state index contributed by atoms with van der Waals surface area (Å²) < 4.78 is 17.7. The SMILES string of the molecule is N#Cc1ccc(Oc2ccc3c(c2)COB3)cc1CCCCCCCc1ccc(OCc2scc3c2CN(C2CCC(=O)NC2=O)C3=O)cc1. The molecule has 3 aliphatic rings. The second-order valence-electron chi connectivity index (χ2n) is 13.1. The standard InChI is InChI=1S/C39H38BN3O6S/c41-20-27-10-13-30(49-31-14-15-34-28(19-31)22-48-40-34)18-26(27)7-5-3-1-2-4-6-25-8-11-29(12-9-25)47-23-36-32-21-43(39(46)33(32)24-50-36)35-16-17-37(44)42-38(35)45/h8-15,18-19,24,35,40H,1-7,16-17,21-23H2,(H,42,44,45). The molecule has 1 saturated heterocycles. The van der Waals surface area contributed by atoms with Crippen LogP contribution < -0.4 is 20.3 Å². The summed E-state index contributed by atoms with van der Waals surface area (Å²) in [6, 6.07) is 21.7. The maximum absolute atomic E-state index is 13.0. The van der Waals surface area contributed by atoms with Crippen molar-refractivity contribution >= 4 is 42.0 Å². The molecule has 1 fully saturated rings. The first-order valence-electron chi connectivity index (χ1n) is 17.3. The van der Waals surface area contributed by atoms with Crippen molar-refractivity contribution in [2.45, 2.75) is 83.6 Å². The van der Waals surface area contributed by atoms with Gasteiger partial charge in [-0.3, -0.25) is 19.7 Å². The van der Waals surface area contributed by atoms with Crippen LogP contribution in [0.4, 0.5) is 0 Å². The van der Waals surface area contributed by atoms with Gasteiger partial charge in [-0.15, -0.1) is 11.3 Å². The summed E-state index contributed by atoms with van der Waals surface area (Å²) in [5, 5.41) is 13.8. The van der Waals surface area contributed by atoms with Crippen LogP contribution in [0.15, 0.2) is 66.0 Å². The lowest BCUT2D eigenvalue weighted by Gasteiger charge is -2.29. The molecule has 3 aliphatic heterocycles. The number of aryl methyl sites for hydroxylation is 2. The van der Waals surface area contributed by atoms with Crippen LogP contribution in [0.1, 0.15) is 88.0 Å². The molecule has 1 unspecified atom stereocenters. The fourth-order valence-electron chi connectivity index (χ4n) is 6.90. The van der Waals surface area contributed by atoms with Crippen molar-refractivity contribution < 1.29 is 28.5 Å². The third-order valence-electron chi connectivity index (χ3n) is 9.72. The number of nitrogens with zero attached hydrogens (tertiary/aromatic N) is 2. The predicted octanol–water partition coefficient (Wildman–Crippen LogP) is 5.99. The number of ether oxygens (including phenoxy) is 2. The molecule has 4 aromatic rings. The van der Waals surface area contributed by atoms with Gasteiger partial charge in [-0.2, -0.15) is 5.26 Å². The molecule has 7 rings (SSSR count). The molecule has 1 aromatic heterocycles. The Labute approximate surface area is 296 Å². The highest BCUT2D eigenvalue weighted by Crippen LogP contribution is 2.34. The number of unbranched alkanes of at least 4 members (excludes halogenated alkanes) is 4. The summed E-state index contributed by atoms with van der Waals surface area (Å²) in [5.74, 6) is 1.46. The van der Waals surface area contributed by atoms with Gasteiger partial charge >= 0.3 is 7.48 Å². The molecule has 1 N–H and O–H groups in total. The number of piperidine rings is 1. The quantitative estimate of drug-likeness (QED) is 0.0983. The summed E-state index contributed by atoms with van der Waals surface area (Å²) in [5.41, 5.74) is 6.92. The third kappa shape index (κ3) is 7.62. The second-order valence-corrected chi connectivity index (χ2v) is 14.1. The molecular formula is C39H38BN3O6S. The topological polar surface area (TPSA) is 118 Å². The number of carbonyl (C=O) groups is 3. The van der Waals surface area contributed by atoms with Crippen molar-refractivity contribution in [3.8, 4) is 23.3 Å². The van der Waals surface area contributed by atoms with Crippen molar-refractivity contribution in [3.63, 3.8) is 0 Å². The minimum absolute atomic E-state index is 0.160. The van der Waals surface area contributed by atoms with Gasteiger partial charge in [0.05, 0.1) is 23.8 Å². The number of nitriles is 1. The number of carbonyl (C=O) groups excluding carboxylic acids is 3. The average molecular weight is 688 g/mol. The van der Waals surface area contributed by atoms with E-state index in [4.69, 9.17) is 14.1 Å². The molecule has 254 valence electrons. The number of benzene rings is 3. The van der Waals surface area contributed by atoms with Gasteiger partial charge in [-0.25, -0.2) is 0 Å². The van der Waals surface area contributed by atoms with Gasteiger partial charge in [0.1, 0.15) is 29.9 Å². The Kier molecular flexibility index (Phi) is 10.3. The lowest BCUT2D eigenvalue weighted by Crippen LogP contribution is -2.52. The minimum atomic E-state index is -0.613. The van der Waals surface area contributed by atoms with Crippen LogP contribution in [-0.2, 0) is 46.8 Å². The molecule has 0 radical (unpaired) electrons. The smallest absolute Gasteiger partial charge is 0.309 e. The lowest BCUT2D eigenvalue weighted by molar-refractivity contribution is -0.136. The molecule has 11 heteroatoms. The van der Waals surface area contributed by atoms with Crippen LogP contribution in [0, 0.1) is 11.3 Å². The second kappa shape index (κ2) is 15.3. The molecule has 3 amide bonds. The highest BCUT2D eigenvalue weighted by atomic mass is 32.1. The van der Waals surface area contributed by atoms with E-state index >= 15 is 0 Å². The van der Waals surface area contributed by atoms with Crippen LogP contribution in [0.5, 0.6) is 17.2 Å². The number of imide groups is 1. The Morgan fingerprint density at radius 1 is 0.940 bits per heavy atom. The summed E-state index contributed by atoms with van der Waals surface area (Å²) >= 11 is 1.50. The van der Waals surface area contributed by atoms with E-state index in [0.29, 0.717) is 44.8 Å². The van der Waals surface area contributed by atoms with Crippen molar-refractivity contribution in [3.05, 3.63) is 104 Å². The zero-order chi connectivity index (χ0) is 34.5. The molecule has 0 aliphatic carbocycles. The van der Waals surface area contributed by atoms with Gasteiger partial charge in [0.15, 0.2) is 0 Å². The molecule has 0 saturated carbocycles. The zero-order valence-corrected chi connectivity index (χ0v) is 28.7. The van der Waals surface area contributed by atoms with E-state index in [1.54, 1.807) is 4.90 Å². The van der Waals surface area contributed by atoms with E-state index in [-0.39, 0.29) is 18.2 Å². The van der Waals surface area contributed by atoms with E-state index in [1.807, 2.05) is 47.8 Å². The Bertz CT molecular complexity index is 1950. The molecule has 50 heavy (non-hydrogen) atoms. The molecule has 1 atom stereocenters. The highest BCUT2D eigenvalue weighted by molar-refractivity contribution is 7.10. The van der Waals surface area contributed by atoms with E-state index in [0.717, 1.165) is 78.2 Å². The first-order chi connectivity index (χ1) is 24.4. The van der Waals surface area contributed by atoms with Gasteiger partial charge in [-0.05, 0) is 96.7 Å². The molecular weight excluding hydrogens is 649 g/mol. The Morgan fingerprint density at radius 2 is 1.70 bits per heavy atom. The number of rotatable bonds is 14. The number of hydrogen-bond donors (Lipinski definition) is 1. The van der Waals surface area contributed by atoms with E-state index in [1.165, 1.54) is 27.9 Å². The van der Waals surface area contributed by atoms with Crippen molar-refractivity contribution in [1.29, 1.82) is 5.26 Å². The largest absolute Gasteiger partial charge is 0.488 e. The summed E-state index contributed by atoms with van der Waals surface area (Å²) in [6.07, 6.45) is 7.98. The van der Waals surface area contributed by atoms with Crippen LogP contribution >= 0.6 is 11.3 Å². The lowest BCUT2D eigenvalue weighted by atomic mass is 9.87. The number of thiophene rings is 1. The molecule has 4 heterocycles. The normalized spacial score (nSPS) is 16.4. The molecule has 9 nitrogen and oxygen atoms in total. The Morgan fingerprint density at radius 3 is 2.52 bits per heavy atom. The highest BCUT2D eigenvalue weighted by Gasteiger charge is 2.40. The first-order valence-corrected chi connectivity index (χ1v) is 18.2. The minimum Gasteiger partial charge on any atom is -0.488 e. The van der Waals surface area contributed by atoms with Gasteiger partial charge in [-0.1, -0.05) is 37.5 Å². The predicted molar refractivity (Wildman–Crippen MR) is 191 cm³/mol. The van der Waals surface area contributed by atoms with Crippen LogP contribution in [0.2, 0.25) is 0 Å². The number of nitrogens with one attached hydrogen (secondary N) is 1. The van der Waals surface area contributed by atoms with Crippen LogP contribution in [0.25, 0.3) is 0 Å². The van der Waals surface area contributed by atoms with E-state index in [2.05, 4.69) is 29.6 Å². The van der Waals surface area contributed by atoms with Crippen molar-refractivity contribution in [1.82, 2.24) is 10.2 Å². The first kappa shape index (κ1) is 33.6. The maximum Gasteiger partial charge on any atom is 0.309 e. The molecule has 0 bridgehead atoms. The summed E-state index contributed by atoms with van der Waals surface area (Å²) in [7, 11) is 0.655. The van der Waals surface area contributed by atoms with Gasteiger partial charge in [0, 0.05) is 28.8 Å². The fraction of sp³-hybridized carbons (Fsp3) is 0.333. The Hall–Kier alpha value is -4.92. The average Bonchev–Trinajstić information content (AvgIpc) is 3.84. The number of fused-ring (bicyclic) bond motifs is 2. The van der Waals surface area contributed by atoms with Crippen molar-refractivity contribution in [2.75, 3.05) is 0 Å². The van der Waals surface area contributed by atoms with Crippen molar-refractivity contribution in [2.24, 2.45) is 0 Å². The van der Waals surface area contributed by atoms with E-state index in [9.17, 15) is 19.6 Å². The van der Waals surface area contributed by atoms with Crippen LogP contribution in [-0.4, -0.2) is 36.1 Å². The zero-order valence-electron chi connectivity index (χ0n) is 27.9. The number of amides is 3. The fourth-order valence-corrected chi connectivity index (χ4v) is 7.85. The molecule has 3 aromatic carbocycles. The maximum atomic E-state index is 13.0. The van der Waals surface area contributed by atoms with Crippen LogP contribution in [0.3, 0.4) is 0 Å². The van der Waals surface area contributed by atoms with Gasteiger partial charge in [0.25, 0.3) is 5.91 Å². The monoisotopic (exact) mass is 687 g/mol. The van der Waals surface area contributed by atoms with E-state index < -0.39 is 11.9 Å². The van der Waals surface area contributed by atoms with Gasteiger partial charge < -0.3 is 19.0 Å².